The largest absolute Gasteiger partial charge is 0.264 e. The van der Waals surface area contributed by atoms with Gasteiger partial charge in [0.2, 0.25) is 0 Å². The van der Waals surface area contributed by atoms with Gasteiger partial charge in [0.1, 0.15) is 10.8 Å². The summed E-state index contributed by atoms with van der Waals surface area (Å²) in [5.74, 6) is -0.265. The van der Waals surface area contributed by atoms with E-state index in [4.69, 9.17) is 28.2 Å². The molecule has 0 radical (unpaired) electrons. The minimum Gasteiger partial charge on any atom is -0.264 e. The molecule has 0 fully saturated rings. The van der Waals surface area contributed by atoms with Crippen molar-refractivity contribution in [3.05, 3.63) is 82.2 Å². The molecule has 0 saturated carbocycles. The molecule has 0 aliphatic rings. The van der Waals surface area contributed by atoms with Crippen LogP contribution in [0.2, 0.25) is 10.0 Å². The van der Waals surface area contributed by atoms with Crippen molar-refractivity contribution < 1.29 is 4.39 Å². The predicted molar refractivity (Wildman–Crippen MR) is 106 cm³/mol. The van der Waals surface area contributed by atoms with Gasteiger partial charge in [-0.1, -0.05) is 35.3 Å². The van der Waals surface area contributed by atoms with Crippen LogP contribution in [-0.2, 0) is 0 Å². The first-order valence-electron chi connectivity index (χ1n) is 7.73. The summed E-state index contributed by atoms with van der Waals surface area (Å²) in [7, 11) is 0. The Kier molecular flexibility index (Phi) is 4.72. The van der Waals surface area contributed by atoms with Crippen LogP contribution in [0.5, 0.6) is 0 Å². The molecule has 0 amide bonds. The molecule has 128 valence electrons. The lowest BCUT2D eigenvalue weighted by Gasteiger charge is -2.07. The third-order valence-electron chi connectivity index (χ3n) is 3.92. The fraction of sp³-hybridized carbons (Fsp3) is 0. The SMILES string of the molecule is Fc1ccc(-c2ccncc2-c2nc(-c3ccc(Cl)cc3Cl)cs2)cc1. The number of nitrogens with zero attached hydrogens (tertiary/aromatic N) is 2. The molecule has 0 N–H and O–H groups in total. The van der Waals surface area contributed by atoms with Crippen LogP contribution in [0.4, 0.5) is 4.39 Å². The van der Waals surface area contributed by atoms with Gasteiger partial charge in [-0.15, -0.1) is 11.3 Å². The summed E-state index contributed by atoms with van der Waals surface area (Å²) in [6.07, 6.45) is 3.48. The minimum atomic E-state index is -0.265. The van der Waals surface area contributed by atoms with Gasteiger partial charge in [-0.3, -0.25) is 4.98 Å². The van der Waals surface area contributed by atoms with Crippen LogP contribution in [0.1, 0.15) is 0 Å². The number of hydrogen-bond donors (Lipinski definition) is 0. The third-order valence-corrected chi connectivity index (χ3v) is 5.34. The number of aromatic nitrogens is 2. The Bertz CT molecular complexity index is 1080. The van der Waals surface area contributed by atoms with Crippen LogP contribution >= 0.6 is 34.5 Å². The highest BCUT2D eigenvalue weighted by Gasteiger charge is 2.14. The molecule has 2 aromatic carbocycles. The van der Waals surface area contributed by atoms with Gasteiger partial charge in [0.15, 0.2) is 0 Å². The maximum Gasteiger partial charge on any atom is 0.126 e. The summed E-state index contributed by atoms with van der Waals surface area (Å²) < 4.78 is 13.2. The number of rotatable bonds is 3. The van der Waals surface area contributed by atoms with E-state index in [-0.39, 0.29) is 5.82 Å². The maximum atomic E-state index is 13.2. The van der Waals surface area contributed by atoms with Crippen molar-refractivity contribution in [2.24, 2.45) is 0 Å². The fourth-order valence-electron chi connectivity index (χ4n) is 2.66. The number of benzene rings is 2. The zero-order valence-corrected chi connectivity index (χ0v) is 15.6. The molecule has 0 saturated heterocycles. The van der Waals surface area contributed by atoms with Gasteiger partial charge < -0.3 is 0 Å². The quantitative estimate of drug-likeness (QED) is 0.370. The molecule has 0 atom stereocenters. The molecule has 4 rings (SSSR count). The van der Waals surface area contributed by atoms with Crippen LogP contribution < -0.4 is 0 Å². The zero-order chi connectivity index (χ0) is 18.1. The van der Waals surface area contributed by atoms with Crippen molar-refractivity contribution in [3.63, 3.8) is 0 Å². The second-order valence-electron chi connectivity index (χ2n) is 5.59. The van der Waals surface area contributed by atoms with Crippen molar-refractivity contribution in [1.82, 2.24) is 9.97 Å². The molecule has 2 heterocycles. The van der Waals surface area contributed by atoms with E-state index in [0.29, 0.717) is 10.0 Å². The average molecular weight is 401 g/mol. The van der Waals surface area contributed by atoms with Crippen molar-refractivity contribution in [3.8, 4) is 33.0 Å². The fourth-order valence-corrected chi connectivity index (χ4v) is 4.01. The molecule has 6 heteroatoms. The highest BCUT2D eigenvalue weighted by atomic mass is 35.5. The second kappa shape index (κ2) is 7.16. The first-order chi connectivity index (χ1) is 12.6. The maximum absolute atomic E-state index is 13.2. The van der Waals surface area contributed by atoms with Gasteiger partial charge in [-0.2, -0.15) is 0 Å². The molecule has 0 spiro atoms. The lowest BCUT2D eigenvalue weighted by Crippen LogP contribution is -1.87. The topological polar surface area (TPSA) is 25.8 Å². The lowest BCUT2D eigenvalue weighted by molar-refractivity contribution is 0.628. The second-order valence-corrected chi connectivity index (χ2v) is 7.29. The number of pyridine rings is 1. The minimum absolute atomic E-state index is 0.265. The van der Waals surface area contributed by atoms with E-state index in [1.165, 1.54) is 23.5 Å². The van der Waals surface area contributed by atoms with E-state index in [2.05, 4.69) is 4.98 Å². The van der Waals surface area contributed by atoms with E-state index in [1.807, 2.05) is 17.5 Å². The molecule has 0 aliphatic carbocycles. The van der Waals surface area contributed by atoms with Crippen LogP contribution in [0.3, 0.4) is 0 Å². The average Bonchev–Trinajstić information content (AvgIpc) is 3.12. The molecule has 0 unspecified atom stereocenters. The zero-order valence-electron chi connectivity index (χ0n) is 13.3. The lowest BCUT2D eigenvalue weighted by atomic mass is 10.0. The van der Waals surface area contributed by atoms with Crippen molar-refractivity contribution in [1.29, 1.82) is 0 Å². The Morgan fingerprint density at radius 2 is 1.69 bits per heavy atom. The van der Waals surface area contributed by atoms with Gasteiger partial charge in [0.05, 0.1) is 10.7 Å². The Hall–Kier alpha value is -2.27. The summed E-state index contributed by atoms with van der Waals surface area (Å²) >= 11 is 13.8. The first-order valence-corrected chi connectivity index (χ1v) is 9.36. The van der Waals surface area contributed by atoms with Gasteiger partial charge >= 0.3 is 0 Å². The Balaban J connectivity index is 1.78. The summed E-state index contributed by atoms with van der Waals surface area (Å²) in [6, 6.07) is 13.6. The molecule has 4 aromatic rings. The Morgan fingerprint density at radius 3 is 2.46 bits per heavy atom. The van der Waals surface area contributed by atoms with E-state index < -0.39 is 0 Å². The Morgan fingerprint density at radius 1 is 0.885 bits per heavy atom. The standard InChI is InChI=1S/C20H11Cl2FN2S/c21-13-3-6-16(18(22)9-13)19-11-26-20(25-19)17-10-24-8-7-15(17)12-1-4-14(23)5-2-12/h1-11H. The molecular weight excluding hydrogens is 390 g/mol. The van der Waals surface area contributed by atoms with Gasteiger partial charge in [-0.05, 0) is 47.5 Å². The summed E-state index contributed by atoms with van der Waals surface area (Å²) in [4.78, 5) is 8.95. The summed E-state index contributed by atoms with van der Waals surface area (Å²) in [5.41, 5.74) is 4.35. The van der Waals surface area contributed by atoms with Crippen molar-refractivity contribution in [2.75, 3.05) is 0 Å². The van der Waals surface area contributed by atoms with Gasteiger partial charge in [-0.25, -0.2) is 9.37 Å². The Labute approximate surface area is 163 Å². The highest BCUT2D eigenvalue weighted by Crippen LogP contribution is 2.37. The van der Waals surface area contributed by atoms with Gasteiger partial charge in [0, 0.05) is 33.9 Å². The first kappa shape index (κ1) is 17.2. The van der Waals surface area contributed by atoms with E-state index in [0.717, 1.165) is 33.0 Å². The third kappa shape index (κ3) is 3.36. The number of halogens is 3. The van der Waals surface area contributed by atoms with E-state index in [9.17, 15) is 4.39 Å². The molecule has 2 nitrogen and oxygen atoms in total. The van der Waals surface area contributed by atoms with Crippen LogP contribution in [-0.4, -0.2) is 9.97 Å². The van der Waals surface area contributed by atoms with E-state index in [1.54, 1.807) is 36.7 Å². The predicted octanol–water partition coefficient (Wildman–Crippen LogP) is 6.99. The molecule has 0 bridgehead atoms. The molecular formula is C20H11Cl2FN2S. The monoisotopic (exact) mass is 400 g/mol. The van der Waals surface area contributed by atoms with Crippen molar-refractivity contribution in [2.45, 2.75) is 0 Å². The summed E-state index contributed by atoms with van der Waals surface area (Å²) in [5, 5.41) is 3.91. The highest BCUT2D eigenvalue weighted by molar-refractivity contribution is 7.13. The van der Waals surface area contributed by atoms with Gasteiger partial charge in [0.25, 0.3) is 0 Å². The van der Waals surface area contributed by atoms with E-state index >= 15 is 0 Å². The normalized spacial score (nSPS) is 10.9. The number of thiazole rings is 1. The van der Waals surface area contributed by atoms with Crippen LogP contribution in [0.25, 0.3) is 33.0 Å². The van der Waals surface area contributed by atoms with Crippen LogP contribution in [0.15, 0.2) is 66.3 Å². The van der Waals surface area contributed by atoms with Crippen molar-refractivity contribution >= 4 is 34.5 Å². The smallest absolute Gasteiger partial charge is 0.126 e. The molecule has 0 aliphatic heterocycles. The molecule has 26 heavy (non-hydrogen) atoms. The number of hydrogen-bond acceptors (Lipinski definition) is 3. The van der Waals surface area contributed by atoms with Crippen LogP contribution in [0, 0.1) is 5.82 Å². The summed E-state index contributed by atoms with van der Waals surface area (Å²) in [6.45, 7) is 0. The molecule has 2 aromatic heterocycles.